The van der Waals surface area contributed by atoms with E-state index in [9.17, 15) is 24.5 Å². The summed E-state index contributed by atoms with van der Waals surface area (Å²) in [6.45, 7) is 1.85. The van der Waals surface area contributed by atoms with Gasteiger partial charge in [-0.05, 0) is 54.5 Å². The number of benzene rings is 4. The van der Waals surface area contributed by atoms with E-state index in [1.165, 1.54) is 34.1 Å². The molecule has 0 fully saturated rings. The largest absolute Gasteiger partial charge is 0.497 e. The van der Waals surface area contributed by atoms with Crippen molar-refractivity contribution in [2.45, 2.75) is 13.0 Å². The van der Waals surface area contributed by atoms with Gasteiger partial charge in [0.25, 0.3) is 11.2 Å². The first kappa shape index (κ1) is 31.8. The van der Waals surface area contributed by atoms with Gasteiger partial charge in [0.05, 0.1) is 46.0 Å². The molecule has 48 heavy (non-hydrogen) atoms. The van der Waals surface area contributed by atoms with Gasteiger partial charge in [0.1, 0.15) is 11.5 Å². The van der Waals surface area contributed by atoms with Crippen LogP contribution in [0.3, 0.4) is 0 Å². The maximum atomic E-state index is 14.1. The molecule has 0 aliphatic carbocycles. The highest BCUT2D eigenvalue weighted by molar-refractivity contribution is 7.07. The highest BCUT2D eigenvalue weighted by Crippen LogP contribution is 2.36. The van der Waals surface area contributed by atoms with Crippen molar-refractivity contribution in [3.63, 3.8) is 0 Å². The smallest absolute Gasteiger partial charge is 0.343 e. The Labute approximate surface area is 277 Å². The van der Waals surface area contributed by atoms with Gasteiger partial charge in [0.15, 0.2) is 4.80 Å². The number of rotatable bonds is 9. The van der Waals surface area contributed by atoms with Crippen LogP contribution in [0.25, 0.3) is 11.8 Å². The number of hydrogen-bond acceptors (Lipinski definition) is 10. The average Bonchev–Trinajstić information content (AvgIpc) is 3.42. The zero-order valence-electron chi connectivity index (χ0n) is 25.7. The monoisotopic (exact) mass is 661 g/mol. The van der Waals surface area contributed by atoms with E-state index in [4.69, 9.17) is 19.2 Å². The van der Waals surface area contributed by atoms with Crippen molar-refractivity contribution in [2.75, 3.05) is 13.7 Å². The summed E-state index contributed by atoms with van der Waals surface area (Å²) in [6, 6.07) is 27.3. The highest BCUT2D eigenvalue weighted by atomic mass is 32.1. The molecule has 0 saturated heterocycles. The SMILES string of the molecule is CCOC(=O)C1=C(c2ccccc2)N=c2s/c(=C\c3ccc(OC(=O)c4cccc([N+](=O)[O-])c4)cc3)c(=O)n2[C@H]1c1cccc(OC)c1. The summed E-state index contributed by atoms with van der Waals surface area (Å²) in [4.78, 5) is 56.1. The predicted octanol–water partition coefficient (Wildman–Crippen LogP) is 5.07. The van der Waals surface area contributed by atoms with E-state index in [0.717, 1.165) is 6.07 Å². The van der Waals surface area contributed by atoms with E-state index < -0.39 is 22.9 Å². The summed E-state index contributed by atoms with van der Waals surface area (Å²) < 4.78 is 18.2. The van der Waals surface area contributed by atoms with Gasteiger partial charge in [-0.25, -0.2) is 14.6 Å². The minimum absolute atomic E-state index is 0.0389. The van der Waals surface area contributed by atoms with Gasteiger partial charge in [-0.15, -0.1) is 0 Å². The van der Waals surface area contributed by atoms with Crippen molar-refractivity contribution in [1.82, 2.24) is 4.57 Å². The fourth-order valence-corrected chi connectivity index (χ4v) is 6.26. The lowest BCUT2D eigenvalue weighted by atomic mass is 9.93. The maximum absolute atomic E-state index is 14.1. The third kappa shape index (κ3) is 6.42. The minimum Gasteiger partial charge on any atom is -0.497 e. The fourth-order valence-electron chi connectivity index (χ4n) is 5.26. The number of hydrogen-bond donors (Lipinski definition) is 0. The first-order valence-corrected chi connectivity index (χ1v) is 15.6. The molecule has 0 amide bonds. The molecule has 240 valence electrons. The van der Waals surface area contributed by atoms with Crippen LogP contribution < -0.4 is 24.4 Å². The van der Waals surface area contributed by atoms with Gasteiger partial charge in [-0.3, -0.25) is 19.5 Å². The van der Waals surface area contributed by atoms with E-state index in [2.05, 4.69) is 0 Å². The van der Waals surface area contributed by atoms with Crippen LogP contribution in [-0.2, 0) is 9.53 Å². The number of carbonyl (C=O) groups is 2. The molecule has 4 aromatic carbocycles. The summed E-state index contributed by atoms with van der Waals surface area (Å²) in [5, 5.41) is 11.1. The molecule has 12 heteroatoms. The van der Waals surface area contributed by atoms with Crippen LogP contribution in [0, 0.1) is 10.1 Å². The van der Waals surface area contributed by atoms with Crippen LogP contribution in [0.4, 0.5) is 5.69 Å². The Morgan fingerprint density at radius 1 is 0.938 bits per heavy atom. The fraction of sp³-hybridized carbons (Fsp3) is 0.111. The van der Waals surface area contributed by atoms with Gasteiger partial charge in [0.2, 0.25) is 0 Å². The van der Waals surface area contributed by atoms with E-state index in [1.54, 1.807) is 62.6 Å². The Bertz CT molecular complexity index is 2260. The summed E-state index contributed by atoms with van der Waals surface area (Å²) in [5.74, 6) is -0.557. The van der Waals surface area contributed by atoms with Crippen molar-refractivity contribution < 1.29 is 28.7 Å². The molecule has 0 unspecified atom stereocenters. The van der Waals surface area contributed by atoms with Crippen LogP contribution in [0.1, 0.15) is 40.0 Å². The summed E-state index contributed by atoms with van der Waals surface area (Å²) in [5.41, 5.74) is 2.07. The number of fused-ring (bicyclic) bond motifs is 1. The molecule has 0 saturated carbocycles. The number of non-ortho nitro benzene ring substituents is 1. The second-order valence-corrected chi connectivity index (χ2v) is 11.5. The molecule has 11 nitrogen and oxygen atoms in total. The Kier molecular flexibility index (Phi) is 9.08. The molecule has 0 N–H and O–H groups in total. The zero-order valence-corrected chi connectivity index (χ0v) is 26.5. The van der Waals surface area contributed by atoms with Crippen LogP contribution in [0.2, 0.25) is 0 Å². The average molecular weight is 662 g/mol. The van der Waals surface area contributed by atoms with Gasteiger partial charge >= 0.3 is 11.9 Å². The molecule has 0 radical (unpaired) electrons. The normalized spacial score (nSPS) is 14.1. The van der Waals surface area contributed by atoms with Crippen molar-refractivity contribution in [1.29, 1.82) is 0 Å². The number of nitro groups is 1. The number of methoxy groups -OCH3 is 1. The van der Waals surface area contributed by atoms with E-state index in [1.807, 2.05) is 36.4 Å². The Hall–Kier alpha value is -6.14. The Morgan fingerprint density at radius 3 is 2.40 bits per heavy atom. The summed E-state index contributed by atoms with van der Waals surface area (Å²) in [6.07, 6.45) is 1.69. The third-order valence-electron chi connectivity index (χ3n) is 7.46. The second kappa shape index (κ2) is 13.7. The molecule has 1 aromatic heterocycles. The predicted molar refractivity (Wildman–Crippen MR) is 179 cm³/mol. The maximum Gasteiger partial charge on any atom is 0.343 e. The molecule has 0 bridgehead atoms. The molecule has 1 aliphatic heterocycles. The van der Waals surface area contributed by atoms with Crippen molar-refractivity contribution in [2.24, 2.45) is 4.99 Å². The second-order valence-electron chi connectivity index (χ2n) is 10.5. The Morgan fingerprint density at radius 2 is 1.69 bits per heavy atom. The van der Waals surface area contributed by atoms with Crippen LogP contribution >= 0.6 is 11.3 Å². The molecular formula is C36H27N3O8S. The third-order valence-corrected chi connectivity index (χ3v) is 8.45. The number of aromatic nitrogens is 1. The van der Waals surface area contributed by atoms with Crippen molar-refractivity contribution in [3.8, 4) is 11.5 Å². The van der Waals surface area contributed by atoms with Gasteiger partial charge < -0.3 is 14.2 Å². The lowest BCUT2D eigenvalue weighted by Crippen LogP contribution is -2.40. The van der Waals surface area contributed by atoms with Crippen LogP contribution in [0.5, 0.6) is 11.5 Å². The first-order chi connectivity index (χ1) is 23.3. The van der Waals surface area contributed by atoms with Crippen molar-refractivity contribution in [3.05, 3.63) is 161 Å². The van der Waals surface area contributed by atoms with E-state index in [-0.39, 0.29) is 34.7 Å². The number of esters is 2. The highest BCUT2D eigenvalue weighted by Gasteiger charge is 2.35. The molecule has 1 atom stereocenters. The molecular weight excluding hydrogens is 634 g/mol. The van der Waals surface area contributed by atoms with Crippen LogP contribution in [-0.4, -0.2) is 35.1 Å². The van der Waals surface area contributed by atoms with Crippen LogP contribution in [0.15, 0.2) is 118 Å². The van der Waals surface area contributed by atoms with Gasteiger partial charge in [0, 0.05) is 17.7 Å². The molecule has 6 rings (SSSR count). The Balaban J connectivity index is 1.42. The summed E-state index contributed by atoms with van der Waals surface area (Å²) in [7, 11) is 1.54. The zero-order chi connectivity index (χ0) is 33.8. The van der Waals surface area contributed by atoms with E-state index >= 15 is 0 Å². The standard InChI is InChI=1S/C36H27N3O8S/c1-3-46-35(42)30-31(23-9-5-4-6-10-23)37-36-38(32(30)24-11-8-14-28(21-24)45-2)33(40)29(48-36)19-22-15-17-27(18-16-22)47-34(41)25-12-7-13-26(20-25)39(43)44/h4-21,32H,3H2,1-2H3/b29-19-/t32-/m0/s1. The topological polar surface area (TPSA) is 139 Å². The number of ether oxygens (including phenoxy) is 3. The first-order valence-electron chi connectivity index (χ1n) is 14.8. The number of nitrogens with zero attached hydrogens (tertiary/aromatic N) is 3. The number of nitro benzene ring substituents is 1. The molecule has 1 aliphatic rings. The quantitative estimate of drug-likeness (QED) is 0.0924. The van der Waals surface area contributed by atoms with Gasteiger partial charge in [-0.2, -0.15) is 0 Å². The summed E-state index contributed by atoms with van der Waals surface area (Å²) >= 11 is 1.18. The lowest BCUT2D eigenvalue weighted by molar-refractivity contribution is -0.384. The van der Waals surface area contributed by atoms with E-state index in [0.29, 0.717) is 37.5 Å². The number of carbonyl (C=O) groups excluding carboxylic acids is 2. The molecule has 5 aromatic rings. The molecule has 2 heterocycles. The number of thiazole rings is 1. The lowest BCUT2D eigenvalue weighted by Gasteiger charge is -2.26. The minimum atomic E-state index is -0.858. The van der Waals surface area contributed by atoms with Gasteiger partial charge in [-0.1, -0.05) is 72.0 Å². The molecule has 0 spiro atoms. The van der Waals surface area contributed by atoms with Crippen molar-refractivity contribution >= 4 is 40.7 Å².